The fourth-order valence-electron chi connectivity index (χ4n) is 1.88. The molecule has 0 amide bonds. The largest absolute Gasteiger partial charge is 0.384 e. The first-order valence-corrected chi connectivity index (χ1v) is 8.07. The molecule has 0 unspecified atom stereocenters. The summed E-state index contributed by atoms with van der Waals surface area (Å²) in [6.45, 7) is 0.231. The van der Waals surface area contributed by atoms with Crippen LogP contribution in [0.15, 0.2) is 53.4 Å². The summed E-state index contributed by atoms with van der Waals surface area (Å²) >= 11 is 0. The van der Waals surface area contributed by atoms with Crippen LogP contribution in [0.4, 0.5) is 0 Å². The average molecular weight is 318 g/mol. The Morgan fingerprint density at radius 3 is 2.18 bits per heavy atom. The number of nitrogen functional groups attached to an aromatic ring is 1. The van der Waals surface area contributed by atoms with Gasteiger partial charge in [-0.3, -0.25) is 10.5 Å². The van der Waals surface area contributed by atoms with E-state index in [0.29, 0.717) is 12.0 Å². The number of nitrogens with two attached hydrogens (primary N) is 1. The lowest BCUT2D eigenvalue weighted by Gasteiger charge is -2.07. The van der Waals surface area contributed by atoms with Gasteiger partial charge in [-0.15, -0.1) is 0 Å². The SMILES string of the molecule is N=C(N)c1ccc(S(=O)(=O)NCCc2ccc([O])cc2)cc1. The molecule has 7 heteroatoms. The second-order valence-electron chi connectivity index (χ2n) is 4.73. The van der Waals surface area contributed by atoms with Gasteiger partial charge in [-0.1, -0.05) is 12.1 Å². The van der Waals surface area contributed by atoms with Crippen LogP contribution in [0.3, 0.4) is 0 Å². The first-order chi connectivity index (χ1) is 10.4. The van der Waals surface area contributed by atoms with Crippen molar-refractivity contribution in [2.45, 2.75) is 11.3 Å². The molecule has 0 saturated heterocycles. The van der Waals surface area contributed by atoms with Gasteiger partial charge >= 0.3 is 0 Å². The van der Waals surface area contributed by atoms with Gasteiger partial charge in [-0.2, -0.15) is 0 Å². The third-order valence-electron chi connectivity index (χ3n) is 3.10. The maximum absolute atomic E-state index is 12.1. The van der Waals surface area contributed by atoms with Gasteiger partial charge in [0.2, 0.25) is 10.0 Å². The molecule has 0 aliphatic rings. The molecule has 0 atom stereocenters. The predicted molar refractivity (Wildman–Crippen MR) is 82.9 cm³/mol. The lowest BCUT2D eigenvalue weighted by Crippen LogP contribution is -2.26. The molecule has 0 fully saturated rings. The fourth-order valence-corrected chi connectivity index (χ4v) is 2.91. The van der Waals surface area contributed by atoms with Crippen molar-refractivity contribution in [1.82, 2.24) is 4.72 Å². The van der Waals surface area contributed by atoms with Gasteiger partial charge in [-0.25, -0.2) is 13.1 Å². The minimum atomic E-state index is -3.60. The van der Waals surface area contributed by atoms with Crippen LogP contribution >= 0.6 is 0 Å². The number of hydrogen-bond donors (Lipinski definition) is 3. The fraction of sp³-hybridized carbons (Fsp3) is 0.133. The highest BCUT2D eigenvalue weighted by atomic mass is 32.2. The second-order valence-corrected chi connectivity index (χ2v) is 6.50. The van der Waals surface area contributed by atoms with Gasteiger partial charge in [0.15, 0.2) is 5.75 Å². The summed E-state index contributed by atoms with van der Waals surface area (Å²) in [5, 5.41) is 18.3. The summed E-state index contributed by atoms with van der Waals surface area (Å²) in [7, 11) is -3.60. The Labute approximate surface area is 129 Å². The zero-order valence-corrected chi connectivity index (χ0v) is 12.6. The Morgan fingerprint density at radius 2 is 1.64 bits per heavy atom. The highest BCUT2D eigenvalue weighted by Crippen LogP contribution is 2.12. The summed E-state index contributed by atoms with van der Waals surface area (Å²) in [5.74, 6) is -0.186. The van der Waals surface area contributed by atoms with Crippen LogP contribution in [0.2, 0.25) is 0 Å². The molecule has 6 nitrogen and oxygen atoms in total. The number of hydrogen-bond acceptors (Lipinski definition) is 3. The minimum Gasteiger partial charge on any atom is -0.384 e. The molecule has 2 rings (SSSR count). The van der Waals surface area contributed by atoms with Crippen molar-refractivity contribution in [3.05, 3.63) is 59.7 Å². The van der Waals surface area contributed by atoms with E-state index < -0.39 is 10.0 Å². The molecule has 0 saturated carbocycles. The van der Waals surface area contributed by atoms with Gasteiger partial charge in [0.25, 0.3) is 0 Å². The molecule has 0 bridgehead atoms. The molecule has 0 aromatic heterocycles. The molecular formula is C15H16N3O3S. The molecule has 22 heavy (non-hydrogen) atoms. The molecule has 0 aliphatic heterocycles. The van der Waals surface area contributed by atoms with E-state index in [2.05, 4.69) is 4.72 Å². The Balaban J connectivity index is 1.98. The lowest BCUT2D eigenvalue weighted by molar-refractivity contribution is 0.355. The van der Waals surface area contributed by atoms with Crippen LogP contribution in [-0.4, -0.2) is 20.8 Å². The van der Waals surface area contributed by atoms with Crippen molar-refractivity contribution in [2.24, 2.45) is 5.73 Å². The van der Waals surface area contributed by atoms with E-state index in [1.54, 1.807) is 12.1 Å². The normalized spacial score (nSPS) is 11.3. The number of amidine groups is 1. The van der Waals surface area contributed by atoms with Gasteiger partial charge in [0.05, 0.1) is 4.90 Å². The van der Waals surface area contributed by atoms with Gasteiger partial charge < -0.3 is 5.73 Å². The molecule has 4 N–H and O–H groups in total. The van der Waals surface area contributed by atoms with Gasteiger partial charge in [0, 0.05) is 12.1 Å². The zero-order valence-electron chi connectivity index (χ0n) is 11.7. The Hall–Kier alpha value is -2.38. The van der Waals surface area contributed by atoms with E-state index in [1.807, 2.05) is 0 Å². The Bertz CT molecular complexity index is 754. The summed E-state index contributed by atoms with van der Waals surface area (Å²) in [5.41, 5.74) is 6.68. The maximum Gasteiger partial charge on any atom is 0.240 e. The van der Waals surface area contributed by atoms with E-state index in [1.165, 1.54) is 36.4 Å². The van der Waals surface area contributed by atoms with Crippen LogP contribution in [-0.2, 0) is 21.6 Å². The van der Waals surface area contributed by atoms with E-state index in [9.17, 15) is 13.5 Å². The summed E-state index contributed by atoms with van der Waals surface area (Å²) in [6.07, 6.45) is 0.491. The Morgan fingerprint density at radius 1 is 1.05 bits per heavy atom. The molecule has 1 radical (unpaired) electrons. The smallest absolute Gasteiger partial charge is 0.240 e. The van der Waals surface area contributed by atoms with Crippen LogP contribution in [0, 0.1) is 5.41 Å². The second kappa shape index (κ2) is 6.59. The van der Waals surface area contributed by atoms with Crippen molar-refractivity contribution >= 4 is 15.9 Å². The highest BCUT2D eigenvalue weighted by molar-refractivity contribution is 7.89. The zero-order chi connectivity index (χ0) is 16.2. The van der Waals surface area contributed by atoms with Gasteiger partial charge in [-0.05, 0) is 48.4 Å². The minimum absolute atomic E-state index is 0.0742. The average Bonchev–Trinajstić information content (AvgIpc) is 2.49. The number of nitrogens with one attached hydrogen (secondary N) is 2. The quantitative estimate of drug-likeness (QED) is 0.555. The third kappa shape index (κ3) is 4.06. The number of benzene rings is 2. The highest BCUT2D eigenvalue weighted by Gasteiger charge is 2.13. The molecule has 115 valence electrons. The van der Waals surface area contributed by atoms with E-state index in [-0.39, 0.29) is 23.0 Å². The molecule has 2 aromatic carbocycles. The van der Waals surface area contributed by atoms with E-state index in [0.717, 1.165) is 5.56 Å². The number of sulfonamides is 1. The molecule has 0 heterocycles. The van der Waals surface area contributed by atoms with Crippen LogP contribution in [0.5, 0.6) is 5.75 Å². The van der Waals surface area contributed by atoms with Crippen molar-refractivity contribution < 1.29 is 13.5 Å². The van der Waals surface area contributed by atoms with Crippen molar-refractivity contribution in [3.8, 4) is 5.75 Å². The first-order valence-electron chi connectivity index (χ1n) is 6.58. The first kappa shape index (κ1) is 16.0. The summed E-state index contributed by atoms with van der Waals surface area (Å²) in [4.78, 5) is 0.118. The summed E-state index contributed by atoms with van der Waals surface area (Å²) < 4.78 is 26.7. The van der Waals surface area contributed by atoms with Gasteiger partial charge in [0.1, 0.15) is 5.84 Å². The van der Waals surface area contributed by atoms with Crippen LogP contribution in [0.25, 0.3) is 0 Å². The molecular weight excluding hydrogens is 302 g/mol. The monoisotopic (exact) mass is 318 g/mol. The van der Waals surface area contributed by atoms with Crippen molar-refractivity contribution in [2.75, 3.05) is 6.54 Å². The topological polar surface area (TPSA) is 116 Å². The van der Waals surface area contributed by atoms with E-state index >= 15 is 0 Å². The standard InChI is InChI=1S/C15H16N3O3S/c16-15(17)12-3-7-14(8-4-12)22(20,21)18-10-9-11-1-5-13(19)6-2-11/h1-8,18H,9-10H2,(H3,16,17). The van der Waals surface area contributed by atoms with E-state index in [4.69, 9.17) is 11.1 Å². The Kier molecular flexibility index (Phi) is 4.79. The van der Waals surface area contributed by atoms with Crippen LogP contribution < -0.4 is 10.5 Å². The third-order valence-corrected chi connectivity index (χ3v) is 4.58. The molecule has 0 aliphatic carbocycles. The molecule has 2 aromatic rings. The lowest BCUT2D eigenvalue weighted by atomic mass is 10.1. The number of rotatable bonds is 6. The maximum atomic E-state index is 12.1. The van der Waals surface area contributed by atoms with Crippen LogP contribution in [0.1, 0.15) is 11.1 Å². The van der Waals surface area contributed by atoms with Crippen molar-refractivity contribution in [3.63, 3.8) is 0 Å². The predicted octanol–water partition coefficient (Wildman–Crippen LogP) is 1.64. The van der Waals surface area contributed by atoms with Crippen molar-refractivity contribution in [1.29, 1.82) is 5.41 Å². The summed E-state index contributed by atoms with van der Waals surface area (Å²) in [6, 6.07) is 12.1. The molecule has 0 spiro atoms.